The zero-order valence-electron chi connectivity index (χ0n) is 19.3. The summed E-state index contributed by atoms with van der Waals surface area (Å²) in [5, 5.41) is 5.14. The molecule has 2 aliphatic rings. The smallest absolute Gasteiger partial charge is 0.132 e. The second kappa shape index (κ2) is 8.02. The van der Waals surface area contributed by atoms with E-state index in [-0.39, 0.29) is 5.92 Å². The van der Waals surface area contributed by atoms with Gasteiger partial charge in [0.2, 0.25) is 0 Å². The van der Waals surface area contributed by atoms with Crippen LogP contribution in [0, 0.1) is 0 Å². The van der Waals surface area contributed by atoms with Gasteiger partial charge >= 0.3 is 0 Å². The van der Waals surface area contributed by atoms with E-state index in [1.54, 1.807) is 0 Å². The highest BCUT2D eigenvalue weighted by atomic mass is 16.5. The molecule has 1 unspecified atom stereocenters. The third-order valence-electron chi connectivity index (χ3n) is 8.00. The molecule has 7 rings (SSSR count). The minimum Gasteiger partial charge on any atom is -0.457 e. The van der Waals surface area contributed by atoms with Gasteiger partial charge in [-0.2, -0.15) is 0 Å². The fourth-order valence-electron chi connectivity index (χ4n) is 6.33. The summed E-state index contributed by atoms with van der Waals surface area (Å²) < 4.78 is 6.68. The van der Waals surface area contributed by atoms with Gasteiger partial charge in [0.15, 0.2) is 0 Å². The van der Waals surface area contributed by atoms with Crippen molar-refractivity contribution in [2.75, 3.05) is 0 Å². The summed E-state index contributed by atoms with van der Waals surface area (Å²) in [5.74, 6) is 2.82. The second-order valence-corrected chi connectivity index (χ2v) is 9.93. The van der Waals surface area contributed by atoms with Gasteiger partial charge in [0, 0.05) is 17.0 Å². The first kappa shape index (κ1) is 19.9. The molecule has 0 bridgehead atoms. The number of hydrogen-bond acceptors (Lipinski definition) is 1. The third kappa shape index (κ3) is 3.15. The van der Waals surface area contributed by atoms with E-state index >= 15 is 0 Å². The number of hydrogen-bond donors (Lipinski definition) is 0. The molecule has 1 saturated carbocycles. The first-order valence-corrected chi connectivity index (χ1v) is 12.7. The van der Waals surface area contributed by atoms with E-state index < -0.39 is 0 Å². The molecule has 5 aromatic carbocycles. The van der Waals surface area contributed by atoms with Crippen molar-refractivity contribution in [3.05, 3.63) is 119 Å². The lowest BCUT2D eigenvalue weighted by atomic mass is 9.77. The molecule has 166 valence electrons. The molecule has 1 atom stereocenters. The Hall–Kier alpha value is -3.58. The van der Waals surface area contributed by atoms with Gasteiger partial charge in [-0.05, 0) is 63.6 Å². The molecule has 1 heterocycles. The summed E-state index contributed by atoms with van der Waals surface area (Å²) >= 11 is 0. The maximum Gasteiger partial charge on any atom is 0.132 e. The molecular weight excluding hydrogens is 412 g/mol. The highest BCUT2D eigenvalue weighted by Crippen LogP contribution is 2.52. The fourth-order valence-corrected chi connectivity index (χ4v) is 6.33. The Balaban J connectivity index is 1.49. The molecule has 34 heavy (non-hydrogen) atoms. The van der Waals surface area contributed by atoms with Gasteiger partial charge in [0.05, 0.1) is 0 Å². The number of fused-ring (bicyclic) bond motifs is 5. The van der Waals surface area contributed by atoms with E-state index in [4.69, 9.17) is 4.74 Å². The summed E-state index contributed by atoms with van der Waals surface area (Å²) in [5.41, 5.74) is 5.36. The molecule has 0 saturated heterocycles. The molecule has 1 fully saturated rings. The molecule has 0 N–H and O–H groups in total. The molecule has 0 spiro atoms. The predicted molar refractivity (Wildman–Crippen MR) is 141 cm³/mol. The molecular formula is C33H28O. The number of ether oxygens (including phenoxy) is 1. The quantitative estimate of drug-likeness (QED) is 0.261. The first-order chi connectivity index (χ1) is 16.9. The van der Waals surface area contributed by atoms with Crippen molar-refractivity contribution in [3.63, 3.8) is 0 Å². The highest BCUT2D eigenvalue weighted by Gasteiger charge is 2.32. The molecule has 0 radical (unpaired) electrons. The normalized spacial score (nSPS) is 17.8. The molecule has 1 aliphatic heterocycles. The van der Waals surface area contributed by atoms with Gasteiger partial charge in [-0.15, -0.1) is 0 Å². The zero-order chi connectivity index (χ0) is 22.5. The molecule has 1 nitrogen and oxygen atoms in total. The van der Waals surface area contributed by atoms with Gasteiger partial charge in [-0.25, -0.2) is 0 Å². The van der Waals surface area contributed by atoms with Crippen LogP contribution in [0.2, 0.25) is 0 Å². The van der Waals surface area contributed by atoms with E-state index in [0.29, 0.717) is 5.92 Å². The van der Waals surface area contributed by atoms with E-state index in [2.05, 4.69) is 97.1 Å². The molecule has 1 aliphatic carbocycles. The van der Waals surface area contributed by atoms with Crippen LogP contribution in [-0.2, 0) is 0 Å². The summed E-state index contributed by atoms with van der Waals surface area (Å²) in [6, 6.07) is 35.7. The van der Waals surface area contributed by atoms with Crippen molar-refractivity contribution in [2.24, 2.45) is 0 Å². The van der Waals surface area contributed by atoms with Gasteiger partial charge in [0.1, 0.15) is 11.5 Å². The Morgan fingerprint density at radius 3 is 2.15 bits per heavy atom. The molecule has 0 amide bonds. The maximum absolute atomic E-state index is 6.68. The van der Waals surface area contributed by atoms with Gasteiger partial charge < -0.3 is 4.74 Å². The van der Waals surface area contributed by atoms with E-state index in [0.717, 1.165) is 11.5 Å². The lowest BCUT2D eigenvalue weighted by Gasteiger charge is -2.32. The van der Waals surface area contributed by atoms with Crippen LogP contribution < -0.4 is 4.74 Å². The van der Waals surface area contributed by atoms with Crippen LogP contribution in [0.1, 0.15) is 66.2 Å². The van der Waals surface area contributed by atoms with Crippen molar-refractivity contribution in [2.45, 2.75) is 43.9 Å². The highest BCUT2D eigenvalue weighted by molar-refractivity contribution is 5.93. The van der Waals surface area contributed by atoms with Crippen LogP contribution in [-0.4, -0.2) is 0 Å². The van der Waals surface area contributed by atoms with Crippen LogP contribution in [0.4, 0.5) is 0 Å². The third-order valence-corrected chi connectivity index (χ3v) is 8.00. The van der Waals surface area contributed by atoms with E-state index in [1.165, 1.54) is 75.9 Å². The average molecular weight is 441 g/mol. The van der Waals surface area contributed by atoms with Crippen molar-refractivity contribution < 1.29 is 4.74 Å². The lowest BCUT2D eigenvalue weighted by Crippen LogP contribution is -2.14. The zero-order valence-corrected chi connectivity index (χ0v) is 19.3. The van der Waals surface area contributed by atoms with Crippen molar-refractivity contribution >= 4 is 21.5 Å². The molecule has 0 aromatic heterocycles. The predicted octanol–water partition coefficient (Wildman–Crippen LogP) is 9.33. The van der Waals surface area contributed by atoms with Crippen molar-refractivity contribution in [3.8, 4) is 11.5 Å². The second-order valence-electron chi connectivity index (χ2n) is 9.93. The monoisotopic (exact) mass is 440 g/mol. The standard InChI is InChI=1S/C33H28O/c1-2-9-22(10-3-1)25-17-19-29-31(21-25)34-30-20-18-24-12-5-7-15-27(24)33(30)32(29)28-16-8-13-23-11-4-6-14-26(23)28/h4-8,11-22,32H,1-3,9-10H2. The SMILES string of the molecule is c1ccc2c(C3c4ccc(C5CCCCC5)cc4Oc4ccc5ccccc5c43)cccc2c1. The Bertz CT molecular complexity index is 1520. The number of rotatable bonds is 2. The fraction of sp³-hybridized carbons (Fsp3) is 0.212. The minimum absolute atomic E-state index is 0.136. The minimum atomic E-state index is 0.136. The summed E-state index contributed by atoms with van der Waals surface area (Å²) in [6.45, 7) is 0. The van der Waals surface area contributed by atoms with E-state index in [1.807, 2.05) is 0 Å². The number of benzene rings is 5. The van der Waals surface area contributed by atoms with Crippen molar-refractivity contribution in [1.82, 2.24) is 0 Å². The topological polar surface area (TPSA) is 9.23 Å². The molecule has 5 aromatic rings. The largest absolute Gasteiger partial charge is 0.457 e. The van der Waals surface area contributed by atoms with Crippen LogP contribution in [0.15, 0.2) is 97.1 Å². The Kier molecular flexibility index (Phi) is 4.68. The maximum atomic E-state index is 6.68. The van der Waals surface area contributed by atoms with Crippen LogP contribution in [0.25, 0.3) is 21.5 Å². The summed E-state index contributed by atoms with van der Waals surface area (Å²) in [7, 11) is 0. The van der Waals surface area contributed by atoms with Gasteiger partial charge in [-0.1, -0.05) is 104 Å². The van der Waals surface area contributed by atoms with Crippen molar-refractivity contribution in [1.29, 1.82) is 0 Å². The van der Waals surface area contributed by atoms with Gasteiger partial charge in [-0.3, -0.25) is 0 Å². The average Bonchev–Trinajstić information content (AvgIpc) is 2.91. The Morgan fingerprint density at radius 2 is 1.29 bits per heavy atom. The van der Waals surface area contributed by atoms with Gasteiger partial charge in [0.25, 0.3) is 0 Å². The van der Waals surface area contributed by atoms with Crippen LogP contribution in [0.3, 0.4) is 0 Å². The Labute approximate surface area is 201 Å². The van der Waals surface area contributed by atoms with Crippen LogP contribution >= 0.6 is 0 Å². The summed E-state index contributed by atoms with van der Waals surface area (Å²) in [4.78, 5) is 0. The lowest BCUT2D eigenvalue weighted by molar-refractivity contribution is 0.434. The van der Waals surface area contributed by atoms with Crippen LogP contribution in [0.5, 0.6) is 11.5 Å². The summed E-state index contributed by atoms with van der Waals surface area (Å²) in [6.07, 6.45) is 6.66. The Morgan fingerprint density at radius 1 is 0.559 bits per heavy atom. The molecule has 1 heteroatoms. The van der Waals surface area contributed by atoms with E-state index in [9.17, 15) is 0 Å². The first-order valence-electron chi connectivity index (χ1n) is 12.7.